The number of aromatic nitrogens is 5. The molecular formula is C20H24N6O. The van der Waals surface area contributed by atoms with E-state index in [1.54, 1.807) is 0 Å². The molecule has 0 saturated heterocycles. The molecule has 1 aliphatic carbocycles. The smallest absolute Gasteiger partial charge is 0.226 e. The highest BCUT2D eigenvalue weighted by atomic mass is 16.1. The van der Waals surface area contributed by atoms with E-state index in [0.29, 0.717) is 12.5 Å². The lowest BCUT2D eigenvalue weighted by Gasteiger charge is -2.27. The summed E-state index contributed by atoms with van der Waals surface area (Å²) in [6.45, 7) is 4.02. The van der Waals surface area contributed by atoms with Gasteiger partial charge in [0.05, 0.1) is 18.4 Å². The molecule has 7 nitrogen and oxygen atoms in total. The van der Waals surface area contributed by atoms with Crippen LogP contribution in [-0.4, -0.2) is 30.3 Å². The molecule has 0 bridgehead atoms. The van der Waals surface area contributed by atoms with E-state index in [0.717, 1.165) is 46.8 Å². The minimum atomic E-state index is -0.0581. The van der Waals surface area contributed by atoms with Gasteiger partial charge in [0.1, 0.15) is 5.82 Å². The number of rotatable bonds is 2. The highest BCUT2D eigenvalue weighted by Crippen LogP contribution is 2.41. The summed E-state index contributed by atoms with van der Waals surface area (Å²) in [5.41, 5.74) is 4.92. The number of nitrogens with zero attached hydrogens (tertiary/aromatic N) is 5. The second kappa shape index (κ2) is 6.18. The van der Waals surface area contributed by atoms with Gasteiger partial charge in [-0.25, -0.2) is 14.2 Å². The Morgan fingerprint density at radius 2 is 1.85 bits per heavy atom. The summed E-state index contributed by atoms with van der Waals surface area (Å²) >= 11 is 0. The van der Waals surface area contributed by atoms with E-state index >= 15 is 0 Å². The first-order valence-corrected chi connectivity index (χ1v) is 9.81. The molecule has 140 valence electrons. The predicted molar refractivity (Wildman–Crippen MR) is 102 cm³/mol. The van der Waals surface area contributed by atoms with Gasteiger partial charge in [0.2, 0.25) is 5.91 Å². The van der Waals surface area contributed by atoms with Crippen LogP contribution < -0.4 is 5.32 Å². The Kier molecular flexibility index (Phi) is 3.77. The molecule has 0 unspecified atom stereocenters. The topological polar surface area (TPSA) is 77.1 Å². The van der Waals surface area contributed by atoms with E-state index in [4.69, 9.17) is 4.98 Å². The van der Waals surface area contributed by atoms with Gasteiger partial charge in [-0.3, -0.25) is 4.79 Å². The van der Waals surface area contributed by atoms with Crippen molar-refractivity contribution in [3.63, 3.8) is 0 Å². The molecule has 1 atom stereocenters. The summed E-state index contributed by atoms with van der Waals surface area (Å²) < 4.78 is 3.91. The quantitative estimate of drug-likeness (QED) is 0.755. The molecule has 0 radical (unpaired) electrons. The van der Waals surface area contributed by atoms with Crippen LogP contribution in [0.15, 0.2) is 18.5 Å². The van der Waals surface area contributed by atoms with E-state index in [1.807, 2.05) is 41.5 Å². The fraction of sp³-hybridized carbons (Fsp3) is 0.500. The Balaban J connectivity index is 1.62. The normalized spacial score (nSPS) is 20.7. The highest BCUT2D eigenvalue weighted by Gasteiger charge is 2.34. The minimum Gasteiger partial charge on any atom is -0.311 e. The molecule has 1 saturated carbocycles. The summed E-state index contributed by atoms with van der Waals surface area (Å²) in [6.07, 6.45) is 10.2. The number of amides is 1. The molecule has 0 aromatic carbocycles. The van der Waals surface area contributed by atoms with Crippen LogP contribution in [0.1, 0.15) is 73.0 Å². The molecular weight excluding hydrogens is 340 g/mol. The first kappa shape index (κ1) is 16.5. The van der Waals surface area contributed by atoms with E-state index in [1.165, 1.54) is 19.3 Å². The molecule has 3 aromatic rings. The number of carbonyl (C=O) groups is 1. The first-order valence-electron chi connectivity index (χ1n) is 9.81. The van der Waals surface area contributed by atoms with Crippen LogP contribution in [-0.2, 0) is 4.79 Å². The van der Waals surface area contributed by atoms with Crippen LogP contribution >= 0.6 is 0 Å². The molecule has 1 aliphatic heterocycles. The van der Waals surface area contributed by atoms with Crippen LogP contribution in [0.4, 0.5) is 5.82 Å². The molecule has 0 spiro atoms. The van der Waals surface area contributed by atoms with Crippen LogP contribution in [0.2, 0.25) is 0 Å². The number of nitrogens with one attached hydrogen (secondary N) is 1. The molecule has 1 fully saturated rings. The summed E-state index contributed by atoms with van der Waals surface area (Å²) in [4.78, 5) is 17.2. The lowest BCUT2D eigenvalue weighted by molar-refractivity contribution is -0.116. The third-order valence-electron chi connectivity index (χ3n) is 5.95. The molecule has 5 rings (SSSR count). The van der Waals surface area contributed by atoms with Gasteiger partial charge in [-0.1, -0.05) is 19.3 Å². The van der Waals surface area contributed by atoms with Crippen molar-refractivity contribution in [1.82, 2.24) is 24.4 Å². The fourth-order valence-corrected chi connectivity index (χ4v) is 4.65. The largest absolute Gasteiger partial charge is 0.311 e. The van der Waals surface area contributed by atoms with Gasteiger partial charge in [-0.05, 0) is 32.8 Å². The molecule has 27 heavy (non-hydrogen) atoms. The zero-order valence-electron chi connectivity index (χ0n) is 15.8. The van der Waals surface area contributed by atoms with Gasteiger partial charge in [-0.15, -0.1) is 0 Å². The number of anilines is 1. The Bertz CT molecular complexity index is 1030. The molecule has 2 aliphatic rings. The Hall–Kier alpha value is -2.70. The maximum atomic E-state index is 12.5. The Labute approximate surface area is 157 Å². The van der Waals surface area contributed by atoms with Gasteiger partial charge in [0, 0.05) is 34.9 Å². The van der Waals surface area contributed by atoms with Gasteiger partial charge in [-0.2, -0.15) is 10.2 Å². The third kappa shape index (κ3) is 2.64. The number of hydrogen-bond donors (Lipinski definition) is 1. The second-order valence-electron chi connectivity index (χ2n) is 7.86. The van der Waals surface area contributed by atoms with E-state index in [2.05, 4.69) is 15.5 Å². The standard InChI is InChI=1S/C20H24N6O/c1-12-8-13(2)25-19(23-12)16(10-21-25)15-9-18(27)24-20-17(15)11-22-26(20)14-6-4-3-5-7-14/h8,10-11,14-15H,3-7,9H2,1-2H3,(H,24,27)/t15-/m0/s1. The van der Waals surface area contributed by atoms with Crippen molar-refractivity contribution in [3.05, 3.63) is 41.0 Å². The number of hydrogen-bond acceptors (Lipinski definition) is 4. The summed E-state index contributed by atoms with van der Waals surface area (Å²) in [5, 5.41) is 12.3. The van der Waals surface area contributed by atoms with Gasteiger partial charge in [0.25, 0.3) is 0 Å². The van der Waals surface area contributed by atoms with Crippen LogP contribution in [0, 0.1) is 13.8 Å². The van der Waals surface area contributed by atoms with Crippen LogP contribution in [0.3, 0.4) is 0 Å². The average molecular weight is 364 g/mol. The number of carbonyl (C=O) groups excluding carboxylic acids is 1. The van der Waals surface area contributed by atoms with Crippen molar-refractivity contribution in [3.8, 4) is 0 Å². The van der Waals surface area contributed by atoms with Crippen LogP contribution in [0.5, 0.6) is 0 Å². The molecule has 7 heteroatoms. The van der Waals surface area contributed by atoms with Crippen molar-refractivity contribution in [2.24, 2.45) is 0 Å². The minimum absolute atomic E-state index is 0.0359. The SMILES string of the molecule is Cc1cc(C)n2ncc([C@@H]3CC(=O)Nc4c3cnn4C3CCCCC3)c2n1. The molecule has 4 heterocycles. The second-order valence-corrected chi connectivity index (χ2v) is 7.86. The number of aryl methyl sites for hydroxylation is 2. The fourth-order valence-electron chi connectivity index (χ4n) is 4.65. The van der Waals surface area contributed by atoms with Crippen molar-refractivity contribution in [2.75, 3.05) is 5.32 Å². The lowest BCUT2D eigenvalue weighted by Crippen LogP contribution is -2.26. The van der Waals surface area contributed by atoms with Crippen molar-refractivity contribution < 1.29 is 4.79 Å². The van der Waals surface area contributed by atoms with Crippen molar-refractivity contribution in [2.45, 2.75) is 64.3 Å². The first-order chi connectivity index (χ1) is 13.1. The van der Waals surface area contributed by atoms with Gasteiger partial charge in [0.15, 0.2) is 5.65 Å². The molecule has 1 N–H and O–H groups in total. The zero-order valence-corrected chi connectivity index (χ0v) is 15.8. The summed E-state index contributed by atoms with van der Waals surface area (Å²) in [7, 11) is 0. The van der Waals surface area contributed by atoms with Gasteiger partial charge < -0.3 is 5.32 Å². The van der Waals surface area contributed by atoms with E-state index < -0.39 is 0 Å². The van der Waals surface area contributed by atoms with Crippen molar-refractivity contribution >= 4 is 17.4 Å². The molecule has 3 aromatic heterocycles. The average Bonchev–Trinajstić information content (AvgIpc) is 3.26. The van der Waals surface area contributed by atoms with E-state index in [-0.39, 0.29) is 11.8 Å². The lowest BCUT2D eigenvalue weighted by atomic mass is 9.88. The van der Waals surface area contributed by atoms with E-state index in [9.17, 15) is 4.79 Å². The number of fused-ring (bicyclic) bond motifs is 2. The highest BCUT2D eigenvalue weighted by molar-refractivity contribution is 5.94. The van der Waals surface area contributed by atoms with Gasteiger partial charge >= 0.3 is 0 Å². The third-order valence-corrected chi connectivity index (χ3v) is 5.95. The maximum Gasteiger partial charge on any atom is 0.226 e. The summed E-state index contributed by atoms with van der Waals surface area (Å²) in [6, 6.07) is 2.40. The monoisotopic (exact) mass is 364 g/mol. The molecule has 1 amide bonds. The Morgan fingerprint density at radius 3 is 2.67 bits per heavy atom. The maximum absolute atomic E-state index is 12.5. The Morgan fingerprint density at radius 1 is 1.07 bits per heavy atom. The van der Waals surface area contributed by atoms with Crippen LogP contribution in [0.25, 0.3) is 5.65 Å². The van der Waals surface area contributed by atoms with Crippen molar-refractivity contribution in [1.29, 1.82) is 0 Å². The predicted octanol–water partition coefficient (Wildman–Crippen LogP) is 3.52. The summed E-state index contributed by atoms with van der Waals surface area (Å²) in [5.74, 6) is 0.845. The zero-order chi connectivity index (χ0) is 18.5.